The molecule has 0 aliphatic rings. The Morgan fingerprint density at radius 1 is 1.17 bits per heavy atom. The predicted octanol–water partition coefficient (Wildman–Crippen LogP) is 2.67. The highest BCUT2D eigenvalue weighted by molar-refractivity contribution is 6.01. The van der Waals surface area contributed by atoms with Crippen molar-refractivity contribution < 1.29 is 19.4 Å². The van der Waals surface area contributed by atoms with Crippen molar-refractivity contribution >= 4 is 11.8 Å². The minimum Gasteiger partial charge on any atom is -0.496 e. The van der Waals surface area contributed by atoms with Gasteiger partial charge in [-0.1, -0.05) is 6.07 Å². The molecule has 1 aromatic carbocycles. The Bertz CT molecular complexity index is 489. The molecule has 0 aromatic heterocycles. The maximum atomic E-state index is 12.1. The number of ether oxygens (including phenoxy) is 1. The van der Waals surface area contributed by atoms with Gasteiger partial charge in [0.15, 0.2) is 5.78 Å². The summed E-state index contributed by atoms with van der Waals surface area (Å²) in [6.45, 7) is 5.68. The van der Waals surface area contributed by atoms with Crippen LogP contribution in [-0.4, -0.2) is 24.0 Å². The second-order valence-corrected chi connectivity index (χ2v) is 4.36. The van der Waals surface area contributed by atoms with Gasteiger partial charge in [0.2, 0.25) is 0 Å². The highest BCUT2D eigenvalue weighted by Crippen LogP contribution is 2.30. The highest BCUT2D eigenvalue weighted by atomic mass is 16.5. The molecule has 0 spiro atoms. The van der Waals surface area contributed by atoms with Crippen molar-refractivity contribution in [2.75, 3.05) is 7.11 Å². The molecule has 0 saturated carbocycles. The van der Waals surface area contributed by atoms with Gasteiger partial charge in [-0.2, -0.15) is 0 Å². The van der Waals surface area contributed by atoms with Crippen molar-refractivity contribution in [2.24, 2.45) is 0 Å². The van der Waals surface area contributed by atoms with E-state index in [4.69, 9.17) is 9.84 Å². The van der Waals surface area contributed by atoms with E-state index in [-0.39, 0.29) is 18.6 Å². The molecule has 0 aliphatic carbocycles. The van der Waals surface area contributed by atoms with Crippen LogP contribution >= 0.6 is 0 Å². The molecule has 98 valence electrons. The molecule has 1 N–H and O–H groups in total. The van der Waals surface area contributed by atoms with Crippen LogP contribution in [0.4, 0.5) is 0 Å². The number of rotatable bonds is 5. The number of ketones is 1. The van der Waals surface area contributed by atoms with E-state index in [9.17, 15) is 9.59 Å². The SMILES string of the molecule is COc1c(C)c(C)cc(C)c1C(=O)CCC(=O)O. The van der Waals surface area contributed by atoms with Crippen LogP contribution in [0.1, 0.15) is 39.9 Å². The monoisotopic (exact) mass is 250 g/mol. The number of carbonyl (C=O) groups excluding carboxylic acids is 1. The van der Waals surface area contributed by atoms with Gasteiger partial charge in [-0.25, -0.2) is 0 Å². The van der Waals surface area contributed by atoms with Crippen LogP contribution in [0.3, 0.4) is 0 Å². The molecule has 1 aromatic rings. The average molecular weight is 250 g/mol. The summed E-state index contributed by atoms with van der Waals surface area (Å²) in [4.78, 5) is 22.6. The lowest BCUT2D eigenvalue weighted by molar-refractivity contribution is -0.136. The topological polar surface area (TPSA) is 63.6 Å². The lowest BCUT2D eigenvalue weighted by Crippen LogP contribution is -2.09. The fourth-order valence-corrected chi connectivity index (χ4v) is 2.00. The predicted molar refractivity (Wildman–Crippen MR) is 68.4 cm³/mol. The first-order valence-corrected chi connectivity index (χ1v) is 5.78. The largest absolute Gasteiger partial charge is 0.496 e. The second-order valence-electron chi connectivity index (χ2n) is 4.36. The Balaban J connectivity index is 3.18. The molecule has 0 bridgehead atoms. The third kappa shape index (κ3) is 2.88. The molecular weight excluding hydrogens is 232 g/mol. The smallest absolute Gasteiger partial charge is 0.303 e. The van der Waals surface area contributed by atoms with Gasteiger partial charge in [-0.15, -0.1) is 0 Å². The van der Waals surface area contributed by atoms with E-state index in [2.05, 4.69) is 0 Å². The van der Waals surface area contributed by atoms with E-state index in [1.54, 1.807) is 0 Å². The Morgan fingerprint density at radius 3 is 2.28 bits per heavy atom. The summed E-state index contributed by atoms with van der Waals surface area (Å²) in [5, 5.41) is 8.62. The van der Waals surface area contributed by atoms with Gasteiger partial charge in [-0.3, -0.25) is 9.59 Å². The van der Waals surface area contributed by atoms with E-state index >= 15 is 0 Å². The maximum Gasteiger partial charge on any atom is 0.303 e. The number of carboxylic acids is 1. The summed E-state index contributed by atoms with van der Waals surface area (Å²) < 4.78 is 5.30. The standard InChI is InChI=1S/C14H18O4/c1-8-7-9(2)13(14(18-4)10(8)3)11(15)5-6-12(16)17/h7H,5-6H2,1-4H3,(H,16,17). The van der Waals surface area contributed by atoms with Crippen molar-refractivity contribution in [3.63, 3.8) is 0 Å². The summed E-state index contributed by atoms with van der Waals surface area (Å²) in [6.07, 6.45) is -0.163. The lowest BCUT2D eigenvalue weighted by atomic mass is 9.94. The zero-order chi connectivity index (χ0) is 13.9. The second kappa shape index (κ2) is 5.67. The van der Waals surface area contributed by atoms with Gasteiger partial charge < -0.3 is 9.84 Å². The molecule has 0 unspecified atom stereocenters. The summed E-state index contributed by atoms with van der Waals surface area (Å²) in [7, 11) is 1.52. The third-order valence-electron chi connectivity index (χ3n) is 3.04. The molecule has 0 saturated heterocycles. The van der Waals surface area contributed by atoms with Gasteiger partial charge in [-0.05, 0) is 37.5 Å². The maximum absolute atomic E-state index is 12.1. The van der Waals surface area contributed by atoms with Crippen LogP contribution in [0.2, 0.25) is 0 Å². The highest BCUT2D eigenvalue weighted by Gasteiger charge is 2.19. The number of methoxy groups -OCH3 is 1. The molecule has 0 fully saturated rings. The fourth-order valence-electron chi connectivity index (χ4n) is 2.00. The molecule has 0 aliphatic heterocycles. The van der Waals surface area contributed by atoms with Crippen LogP contribution in [0.15, 0.2) is 6.07 Å². The quantitative estimate of drug-likeness (QED) is 0.816. The Hall–Kier alpha value is -1.84. The number of aliphatic carboxylic acids is 1. The summed E-state index contributed by atoms with van der Waals surface area (Å²) in [6, 6.07) is 1.92. The van der Waals surface area contributed by atoms with Crippen LogP contribution < -0.4 is 4.74 Å². The van der Waals surface area contributed by atoms with E-state index in [1.165, 1.54) is 7.11 Å². The lowest BCUT2D eigenvalue weighted by Gasteiger charge is -2.15. The Kier molecular flexibility index (Phi) is 4.48. The first kappa shape index (κ1) is 14.2. The average Bonchev–Trinajstić information content (AvgIpc) is 2.30. The number of hydrogen-bond donors (Lipinski definition) is 1. The first-order chi connectivity index (χ1) is 8.38. The molecule has 1 rings (SSSR count). The van der Waals surface area contributed by atoms with Gasteiger partial charge in [0.05, 0.1) is 19.1 Å². The molecule has 0 amide bonds. The normalized spacial score (nSPS) is 10.2. The molecule has 4 heteroatoms. The molecule has 0 heterocycles. The molecular formula is C14H18O4. The number of aryl methyl sites for hydroxylation is 2. The van der Waals surface area contributed by atoms with Gasteiger partial charge in [0, 0.05) is 6.42 Å². The van der Waals surface area contributed by atoms with Crippen molar-refractivity contribution in [3.8, 4) is 5.75 Å². The van der Waals surface area contributed by atoms with E-state index < -0.39 is 5.97 Å². The van der Waals surface area contributed by atoms with Crippen LogP contribution in [-0.2, 0) is 4.79 Å². The Morgan fingerprint density at radius 2 is 1.78 bits per heavy atom. The van der Waals surface area contributed by atoms with Gasteiger partial charge in [0.1, 0.15) is 5.75 Å². The molecule has 0 radical (unpaired) electrons. The molecule has 18 heavy (non-hydrogen) atoms. The van der Waals surface area contributed by atoms with Crippen molar-refractivity contribution in [1.29, 1.82) is 0 Å². The zero-order valence-corrected chi connectivity index (χ0v) is 11.2. The third-order valence-corrected chi connectivity index (χ3v) is 3.04. The number of carbonyl (C=O) groups is 2. The number of carboxylic acid groups (broad SMARTS) is 1. The Labute approximate surface area is 107 Å². The minimum atomic E-state index is -0.969. The van der Waals surface area contributed by atoms with Gasteiger partial charge in [0.25, 0.3) is 0 Å². The zero-order valence-electron chi connectivity index (χ0n) is 11.2. The van der Waals surface area contributed by atoms with Crippen LogP contribution in [0, 0.1) is 20.8 Å². The van der Waals surface area contributed by atoms with E-state index in [0.717, 1.165) is 16.7 Å². The molecule has 4 nitrogen and oxygen atoms in total. The fraction of sp³-hybridized carbons (Fsp3) is 0.429. The number of benzene rings is 1. The van der Waals surface area contributed by atoms with E-state index in [0.29, 0.717) is 11.3 Å². The summed E-state index contributed by atoms with van der Waals surface area (Å²) in [5.41, 5.74) is 3.30. The van der Waals surface area contributed by atoms with Crippen LogP contribution in [0.25, 0.3) is 0 Å². The number of hydrogen-bond acceptors (Lipinski definition) is 3. The van der Waals surface area contributed by atoms with Crippen LogP contribution in [0.5, 0.6) is 5.75 Å². The minimum absolute atomic E-state index is 0.00493. The molecule has 0 atom stereocenters. The number of Topliss-reactive ketones (excluding diaryl/α,β-unsaturated/α-hetero) is 1. The van der Waals surface area contributed by atoms with E-state index in [1.807, 2.05) is 26.8 Å². The van der Waals surface area contributed by atoms with Crippen molar-refractivity contribution in [1.82, 2.24) is 0 Å². The van der Waals surface area contributed by atoms with Crippen molar-refractivity contribution in [2.45, 2.75) is 33.6 Å². The van der Waals surface area contributed by atoms with Crippen molar-refractivity contribution in [3.05, 3.63) is 28.3 Å². The first-order valence-electron chi connectivity index (χ1n) is 5.78. The van der Waals surface area contributed by atoms with Gasteiger partial charge >= 0.3 is 5.97 Å². The summed E-state index contributed by atoms with van der Waals surface area (Å²) in [5.74, 6) is -0.596. The summed E-state index contributed by atoms with van der Waals surface area (Å²) >= 11 is 0.